The number of hydrogen-bond acceptors (Lipinski definition) is 5. The molecular formula is C18H19NO5. The second-order valence-electron chi connectivity index (χ2n) is 6.71. The zero-order chi connectivity index (χ0) is 17.5. The maximum absolute atomic E-state index is 13.2. The van der Waals surface area contributed by atoms with Crippen LogP contribution in [0.5, 0.6) is 0 Å². The Labute approximate surface area is 139 Å². The van der Waals surface area contributed by atoms with Crippen molar-refractivity contribution >= 4 is 23.0 Å². The van der Waals surface area contributed by atoms with Crippen molar-refractivity contribution in [1.29, 1.82) is 0 Å². The topological polar surface area (TPSA) is 86.5 Å². The van der Waals surface area contributed by atoms with E-state index in [-0.39, 0.29) is 11.5 Å². The first-order valence-corrected chi connectivity index (χ1v) is 7.94. The van der Waals surface area contributed by atoms with Crippen LogP contribution in [-0.4, -0.2) is 23.8 Å². The van der Waals surface area contributed by atoms with E-state index in [0.717, 1.165) is 17.6 Å². The number of nitro groups is 1. The van der Waals surface area contributed by atoms with Crippen LogP contribution in [0, 0.1) is 20.9 Å². The highest BCUT2D eigenvalue weighted by Gasteiger charge is 2.59. The molecule has 6 nitrogen and oxygen atoms in total. The maximum Gasteiger partial charge on any atom is 0.319 e. The summed E-state index contributed by atoms with van der Waals surface area (Å²) in [5, 5.41) is 10.8. The molecule has 1 aromatic rings. The minimum absolute atomic E-state index is 0.0131. The molecule has 2 bridgehead atoms. The summed E-state index contributed by atoms with van der Waals surface area (Å²) in [5.74, 6) is -0.554. The van der Waals surface area contributed by atoms with Gasteiger partial charge in [0.25, 0.3) is 5.69 Å². The predicted octanol–water partition coefficient (Wildman–Crippen LogP) is 3.30. The summed E-state index contributed by atoms with van der Waals surface area (Å²) >= 11 is 0. The third-order valence-corrected chi connectivity index (χ3v) is 5.43. The maximum atomic E-state index is 13.2. The van der Waals surface area contributed by atoms with E-state index in [1.54, 1.807) is 12.1 Å². The predicted molar refractivity (Wildman–Crippen MR) is 87.1 cm³/mol. The molecule has 0 amide bonds. The number of nitro benzene ring substituents is 1. The Morgan fingerprint density at radius 2 is 1.92 bits per heavy atom. The van der Waals surface area contributed by atoms with Crippen molar-refractivity contribution in [2.45, 2.75) is 32.6 Å². The molecule has 0 radical (unpaired) electrons. The summed E-state index contributed by atoms with van der Waals surface area (Å²) in [7, 11) is 1.31. The van der Waals surface area contributed by atoms with Gasteiger partial charge in [0.05, 0.1) is 17.4 Å². The van der Waals surface area contributed by atoms with Gasteiger partial charge in [0.15, 0.2) is 5.78 Å². The van der Waals surface area contributed by atoms with Crippen LogP contribution in [0.25, 0.3) is 5.57 Å². The number of nitrogens with zero attached hydrogens (tertiary/aromatic N) is 1. The fourth-order valence-electron chi connectivity index (χ4n) is 4.12. The molecule has 2 aliphatic carbocycles. The normalized spacial score (nSPS) is 28.9. The standard InChI is InChI=1S/C18H19NO5/c1-17-9-3-10-18(15(17)20,16(21)24-2)11-8-14(17)12-4-6-13(7-5-12)19(22)23/h4-8H,3,9-11H2,1-2H3/t17-,18-/m0/s1. The molecule has 2 atom stereocenters. The van der Waals surface area contributed by atoms with Gasteiger partial charge in [-0.3, -0.25) is 19.7 Å². The number of ketones is 1. The zero-order valence-electron chi connectivity index (χ0n) is 13.7. The molecule has 0 N–H and O–H groups in total. The number of ether oxygens (including phenoxy) is 1. The molecule has 2 aliphatic rings. The van der Waals surface area contributed by atoms with Crippen molar-refractivity contribution in [3.05, 3.63) is 46.0 Å². The molecule has 0 spiro atoms. The van der Waals surface area contributed by atoms with E-state index >= 15 is 0 Å². The van der Waals surface area contributed by atoms with Gasteiger partial charge >= 0.3 is 5.97 Å². The van der Waals surface area contributed by atoms with Gasteiger partial charge in [-0.1, -0.05) is 12.5 Å². The van der Waals surface area contributed by atoms with E-state index < -0.39 is 21.7 Å². The molecule has 0 aliphatic heterocycles. The first-order valence-electron chi connectivity index (χ1n) is 7.94. The molecule has 0 unspecified atom stereocenters. The Balaban J connectivity index is 2.06. The molecule has 1 aromatic carbocycles. The first kappa shape index (κ1) is 16.4. The highest BCUT2D eigenvalue weighted by Crippen LogP contribution is 2.56. The van der Waals surface area contributed by atoms with Gasteiger partial charge in [0, 0.05) is 12.1 Å². The van der Waals surface area contributed by atoms with Gasteiger partial charge in [0.1, 0.15) is 5.41 Å². The zero-order valence-corrected chi connectivity index (χ0v) is 13.7. The Morgan fingerprint density at radius 3 is 2.50 bits per heavy atom. The largest absolute Gasteiger partial charge is 0.468 e. The second kappa shape index (κ2) is 5.54. The number of rotatable bonds is 3. The Bertz CT molecular complexity index is 751. The summed E-state index contributed by atoms with van der Waals surface area (Å²) in [4.78, 5) is 35.8. The molecule has 126 valence electrons. The summed E-state index contributed by atoms with van der Waals surface area (Å²) < 4.78 is 4.90. The number of methoxy groups -OCH3 is 1. The SMILES string of the molecule is COC(=O)[C@]12CC=C(c3ccc([N+](=O)[O-])cc3)[C@](C)(CCC1)C2=O. The fourth-order valence-corrected chi connectivity index (χ4v) is 4.12. The van der Waals surface area contributed by atoms with E-state index in [0.29, 0.717) is 19.3 Å². The Hall–Kier alpha value is -2.50. The van der Waals surface area contributed by atoms with Gasteiger partial charge in [-0.05, 0) is 49.5 Å². The van der Waals surface area contributed by atoms with E-state index in [4.69, 9.17) is 4.74 Å². The number of hydrogen-bond donors (Lipinski definition) is 0. The molecular weight excluding hydrogens is 310 g/mol. The highest BCUT2D eigenvalue weighted by molar-refractivity contribution is 6.13. The molecule has 1 fully saturated rings. The van der Waals surface area contributed by atoms with Crippen LogP contribution in [0.3, 0.4) is 0 Å². The van der Waals surface area contributed by atoms with Gasteiger partial charge in [-0.2, -0.15) is 0 Å². The van der Waals surface area contributed by atoms with Crippen LogP contribution in [-0.2, 0) is 14.3 Å². The van der Waals surface area contributed by atoms with Crippen LogP contribution >= 0.6 is 0 Å². The smallest absolute Gasteiger partial charge is 0.319 e. The van der Waals surface area contributed by atoms with Crippen LogP contribution in [0.15, 0.2) is 30.3 Å². The van der Waals surface area contributed by atoms with Crippen LogP contribution in [0.4, 0.5) is 5.69 Å². The third-order valence-electron chi connectivity index (χ3n) is 5.43. The number of non-ortho nitro benzene ring substituents is 1. The lowest BCUT2D eigenvalue weighted by atomic mass is 9.53. The molecule has 6 heteroatoms. The van der Waals surface area contributed by atoms with Gasteiger partial charge in [0.2, 0.25) is 0 Å². The van der Waals surface area contributed by atoms with Gasteiger partial charge < -0.3 is 4.74 Å². The lowest BCUT2D eigenvalue weighted by molar-refractivity contribution is -0.384. The van der Waals surface area contributed by atoms with Crippen molar-refractivity contribution in [3.8, 4) is 0 Å². The van der Waals surface area contributed by atoms with Gasteiger partial charge in [-0.25, -0.2) is 0 Å². The van der Waals surface area contributed by atoms with Crippen LogP contribution < -0.4 is 0 Å². The van der Waals surface area contributed by atoms with E-state index in [2.05, 4.69) is 0 Å². The average molecular weight is 329 g/mol. The first-order chi connectivity index (χ1) is 11.3. The summed E-state index contributed by atoms with van der Waals surface area (Å²) in [5.41, 5.74) is -0.190. The minimum Gasteiger partial charge on any atom is -0.468 e. The Kier molecular flexibility index (Phi) is 3.78. The fraction of sp³-hybridized carbons (Fsp3) is 0.444. The van der Waals surface area contributed by atoms with E-state index in [1.165, 1.54) is 19.2 Å². The van der Waals surface area contributed by atoms with Crippen LogP contribution in [0.1, 0.15) is 38.2 Å². The number of esters is 1. The van der Waals surface area contributed by atoms with Crippen molar-refractivity contribution in [1.82, 2.24) is 0 Å². The summed E-state index contributed by atoms with van der Waals surface area (Å²) in [6.45, 7) is 1.86. The summed E-state index contributed by atoms with van der Waals surface area (Å²) in [6, 6.07) is 6.22. The van der Waals surface area contributed by atoms with Gasteiger partial charge in [-0.15, -0.1) is 0 Å². The van der Waals surface area contributed by atoms with Crippen LogP contribution in [0.2, 0.25) is 0 Å². The lowest BCUT2D eigenvalue weighted by Gasteiger charge is -2.47. The molecule has 0 heterocycles. The number of Topliss-reactive ketones (excluding diaryl/α,β-unsaturated/α-hetero) is 1. The highest BCUT2D eigenvalue weighted by atomic mass is 16.6. The molecule has 3 rings (SSSR count). The molecule has 24 heavy (non-hydrogen) atoms. The number of allylic oxidation sites excluding steroid dienone is 2. The van der Waals surface area contributed by atoms with Crippen molar-refractivity contribution in [2.24, 2.45) is 10.8 Å². The lowest BCUT2D eigenvalue weighted by Crippen LogP contribution is -2.53. The van der Waals surface area contributed by atoms with Crippen molar-refractivity contribution in [2.75, 3.05) is 7.11 Å². The van der Waals surface area contributed by atoms with E-state index in [9.17, 15) is 19.7 Å². The summed E-state index contributed by atoms with van der Waals surface area (Å²) in [6.07, 6.45) is 4.19. The molecule has 0 aromatic heterocycles. The van der Waals surface area contributed by atoms with Crippen molar-refractivity contribution in [3.63, 3.8) is 0 Å². The molecule has 1 saturated carbocycles. The number of carbonyl (C=O) groups is 2. The monoisotopic (exact) mass is 329 g/mol. The number of benzene rings is 1. The minimum atomic E-state index is -1.08. The Morgan fingerprint density at radius 1 is 1.25 bits per heavy atom. The quantitative estimate of drug-likeness (QED) is 0.367. The average Bonchev–Trinajstić information content (AvgIpc) is 2.56. The number of fused-ring (bicyclic) bond motifs is 2. The van der Waals surface area contributed by atoms with Crippen molar-refractivity contribution < 1.29 is 19.2 Å². The van der Waals surface area contributed by atoms with E-state index in [1.807, 2.05) is 13.0 Å². The third kappa shape index (κ3) is 2.17. The molecule has 0 saturated heterocycles. The second-order valence-corrected chi connectivity index (χ2v) is 6.71. The number of carbonyl (C=O) groups excluding carboxylic acids is 2.